The second kappa shape index (κ2) is 12.9. The van der Waals surface area contributed by atoms with Crippen LogP contribution in [-0.2, 0) is 0 Å². The number of alkyl halides is 9. The third kappa shape index (κ3) is 6.71. The molecule has 1 heterocycles. The number of allylic oxidation sites excluding steroid dienone is 7. The van der Waals surface area contributed by atoms with Crippen molar-refractivity contribution in [2.24, 2.45) is 23.5 Å². The van der Waals surface area contributed by atoms with E-state index in [2.05, 4.69) is 0 Å². The molecular weight excluding hydrogens is 739 g/mol. The molecule has 1 amide bonds. The van der Waals surface area contributed by atoms with Gasteiger partial charge in [0.1, 0.15) is 5.75 Å². The van der Waals surface area contributed by atoms with Gasteiger partial charge in [-0.3, -0.25) is 4.79 Å². The van der Waals surface area contributed by atoms with Crippen molar-refractivity contribution in [2.45, 2.75) is 61.9 Å². The number of aromatic carboxylic acids is 1. The molecule has 6 rings (SSSR count). The minimum Gasteiger partial charge on any atom is -0.496 e. The van der Waals surface area contributed by atoms with Gasteiger partial charge in [0.2, 0.25) is 0 Å². The Bertz CT molecular complexity index is 1990. The van der Waals surface area contributed by atoms with Crippen LogP contribution < -0.4 is 10.5 Å². The average molecular weight is 773 g/mol. The minimum atomic E-state index is -5.06. The van der Waals surface area contributed by atoms with Gasteiger partial charge in [0.05, 0.1) is 41.0 Å². The van der Waals surface area contributed by atoms with Crippen molar-refractivity contribution >= 4 is 28.5 Å². The summed E-state index contributed by atoms with van der Waals surface area (Å²) >= 11 is 0.704. The Kier molecular flexibility index (Phi) is 9.35. The van der Waals surface area contributed by atoms with Gasteiger partial charge in [-0.1, -0.05) is 49.0 Å². The number of benzene rings is 2. The normalized spacial score (nSPS) is 24.8. The lowest BCUT2D eigenvalue weighted by molar-refractivity contribution is -0.156. The molecule has 4 atom stereocenters. The maximum atomic E-state index is 13.9. The molecule has 4 aliphatic rings. The van der Waals surface area contributed by atoms with E-state index in [0.29, 0.717) is 28.5 Å². The maximum absolute atomic E-state index is 13.9. The Morgan fingerprint density at radius 3 is 2.30 bits per heavy atom. The lowest BCUT2D eigenvalue weighted by Gasteiger charge is -2.29. The van der Waals surface area contributed by atoms with Gasteiger partial charge in [-0.15, -0.1) is 0 Å². The first-order chi connectivity index (χ1) is 24.5. The van der Waals surface area contributed by atoms with Gasteiger partial charge in [0, 0.05) is 28.3 Å². The summed E-state index contributed by atoms with van der Waals surface area (Å²) in [6.45, 7) is 2.23. The van der Waals surface area contributed by atoms with Crippen molar-refractivity contribution in [1.29, 1.82) is 0 Å². The van der Waals surface area contributed by atoms with E-state index in [-0.39, 0.29) is 53.6 Å². The molecule has 1 saturated heterocycles. The third-order valence-electron chi connectivity index (χ3n) is 10.7. The number of carbonyl (C=O) groups excluding carboxylic acids is 1. The zero-order valence-electron chi connectivity index (χ0n) is 28.3. The van der Waals surface area contributed by atoms with Gasteiger partial charge in [0.25, 0.3) is 5.24 Å². The Labute approximate surface area is 302 Å². The van der Waals surface area contributed by atoms with E-state index < -0.39 is 75.3 Å². The molecule has 0 bridgehead atoms. The number of hydrogen-bond acceptors (Lipinski definition) is 5. The van der Waals surface area contributed by atoms with Gasteiger partial charge in [-0.05, 0) is 79.1 Å². The number of carboxylic acid groups (broad SMARTS) is 1. The molecule has 2 aromatic carbocycles. The van der Waals surface area contributed by atoms with Crippen molar-refractivity contribution in [3.8, 4) is 16.9 Å². The topological polar surface area (TPSA) is 92.9 Å². The molecule has 3 fully saturated rings. The zero-order chi connectivity index (χ0) is 39.1. The number of rotatable bonds is 8. The molecular formula is C37H33F9N2O4S. The van der Waals surface area contributed by atoms with Gasteiger partial charge in [-0.2, -0.15) is 39.5 Å². The van der Waals surface area contributed by atoms with E-state index in [1.807, 2.05) is 0 Å². The van der Waals surface area contributed by atoms with Gasteiger partial charge >= 0.3 is 24.5 Å². The summed E-state index contributed by atoms with van der Waals surface area (Å²) in [7, 11) is 1.33. The van der Waals surface area contributed by atoms with E-state index in [4.69, 9.17) is 10.5 Å². The Hall–Kier alpha value is -4.34. The molecule has 53 heavy (non-hydrogen) atoms. The van der Waals surface area contributed by atoms with Crippen LogP contribution in [-0.4, -0.2) is 63.7 Å². The fraction of sp³-hybridized carbons (Fsp3) is 0.405. The standard InChI is InChI=1S/C37H33F9N2O4S/c1-18-12-21(31(49)50)5-8-24(18)20-6-9-30(52-3)26(13-20)25(7-4-19(2)35(38,39)40)29(47)17-48-32(51)53-34(33(48)10-11-33)27-15-22(36(41,42)43)14-23(16-28(27)34)37(44,45)46/h4-9,12-15,19,27-28H,10-11,16-17,47H2,1-3H3,(H,49,50)/b7-4-,29-25+/t19?,27-,28?,34?/m1/s1. The SMILES string of the molecule is COc1ccc(-c2ccc(C(=O)O)cc2C)cc1C(/C=C\C(C)C(F)(F)F)=C(/N)CN1C(=O)SC2(C3CC(C(F)(F)F)=CC(C(F)(F)F)=C[C@H]32)C12CC2. The van der Waals surface area contributed by atoms with Crippen LogP contribution in [0.5, 0.6) is 5.75 Å². The number of hydrogen-bond donors (Lipinski definition) is 2. The molecule has 6 nitrogen and oxygen atoms in total. The van der Waals surface area contributed by atoms with Crippen molar-refractivity contribution in [2.75, 3.05) is 13.7 Å². The lowest BCUT2D eigenvalue weighted by atomic mass is 9.93. The number of thioether (sulfide) groups is 1. The van der Waals surface area contributed by atoms with Crippen LogP contribution >= 0.6 is 11.8 Å². The summed E-state index contributed by atoms with van der Waals surface area (Å²) < 4.78 is 129. The number of halogens is 9. The van der Waals surface area contributed by atoms with Crippen LogP contribution in [0.3, 0.4) is 0 Å². The van der Waals surface area contributed by atoms with E-state index in [9.17, 15) is 54.2 Å². The average Bonchev–Trinajstić information content (AvgIpc) is 3.95. The van der Waals surface area contributed by atoms with Gasteiger partial charge in [0.15, 0.2) is 0 Å². The highest BCUT2D eigenvalue weighted by atomic mass is 32.2. The number of fused-ring (bicyclic) bond motifs is 4. The molecule has 16 heteroatoms. The maximum Gasteiger partial charge on any atom is 0.416 e. The predicted molar refractivity (Wildman–Crippen MR) is 180 cm³/mol. The Morgan fingerprint density at radius 1 is 1.08 bits per heavy atom. The lowest BCUT2D eigenvalue weighted by Crippen LogP contribution is -2.43. The van der Waals surface area contributed by atoms with Crippen LogP contribution in [0.15, 0.2) is 77.5 Å². The Morgan fingerprint density at radius 2 is 1.75 bits per heavy atom. The van der Waals surface area contributed by atoms with Crippen molar-refractivity contribution < 1.29 is 58.9 Å². The third-order valence-corrected chi connectivity index (χ3v) is 12.3. The highest BCUT2D eigenvalue weighted by molar-refractivity contribution is 8.15. The highest BCUT2D eigenvalue weighted by Gasteiger charge is 2.84. The molecule has 3 unspecified atom stereocenters. The van der Waals surface area contributed by atoms with E-state index >= 15 is 0 Å². The predicted octanol–water partition coefficient (Wildman–Crippen LogP) is 9.86. The highest BCUT2D eigenvalue weighted by Crippen LogP contribution is 2.79. The Balaban J connectivity index is 1.42. The van der Waals surface area contributed by atoms with Gasteiger partial charge in [-0.25, -0.2) is 4.79 Å². The second-order valence-corrected chi connectivity index (χ2v) is 15.0. The van der Waals surface area contributed by atoms with Crippen LogP contribution in [0.1, 0.15) is 47.7 Å². The molecule has 284 valence electrons. The number of ether oxygens (including phenoxy) is 1. The zero-order valence-corrected chi connectivity index (χ0v) is 29.2. The number of carboxylic acids is 1. The van der Waals surface area contributed by atoms with Gasteiger partial charge < -0.3 is 20.5 Å². The number of nitrogens with zero attached hydrogens (tertiary/aromatic N) is 1. The molecule has 3 aliphatic carbocycles. The number of nitrogens with two attached hydrogens (primary N) is 1. The van der Waals surface area contributed by atoms with Crippen LogP contribution in [0.25, 0.3) is 16.7 Å². The summed E-state index contributed by atoms with van der Waals surface area (Å²) in [4.78, 5) is 26.6. The molecule has 3 N–H and O–H groups in total. The van der Waals surface area contributed by atoms with Crippen molar-refractivity contribution in [3.63, 3.8) is 0 Å². The summed E-state index contributed by atoms with van der Waals surface area (Å²) in [5, 5.41) is 8.79. The number of aryl methyl sites for hydroxylation is 1. The largest absolute Gasteiger partial charge is 0.496 e. The molecule has 0 radical (unpaired) electrons. The smallest absolute Gasteiger partial charge is 0.416 e. The molecule has 2 spiro atoms. The molecule has 2 aromatic rings. The first-order valence-electron chi connectivity index (χ1n) is 16.4. The summed E-state index contributed by atoms with van der Waals surface area (Å²) in [5.41, 5.74) is 4.70. The second-order valence-electron chi connectivity index (χ2n) is 13.8. The monoisotopic (exact) mass is 772 g/mol. The quantitative estimate of drug-likeness (QED) is 0.205. The molecule has 2 saturated carbocycles. The molecule has 0 aromatic heterocycles. The van der Waals surface area contributed by atoms with Crippen LogP contribution in [0, 0.1) is 24.7 Å². The summed E-state index contributed by atoms with van der Waals surface area (Å²) in [5.74, 6) is -4.81. The fourth-order valence-electron chi connectivity index (χ4n) is 7.74. The number of carbonyl (C=O) groups is 2. The van der Waals surface area contributed by atoms with E-state index in [1.54, 1.807) is 31.2 Å². The molecule has 1 aliphatic heterocycles. The number of amides is 1. The van der Waals surface area contributed by atoms with Crippen LogP contribution in [0.2, 0.25) is 0 Å². The fourth-order valence-corrected chi connectivity index (χ4v) is 9.56. The van der Waals surface area contributed by atoms with E-state index in [1.165, 1.54) is 24.1 Å². The first-order valence-corrected chi connectivity index (χ1v) is 17.2. The first kappa shape index (κ1) is 38.4. The number of methoxy groups -OCH3 is 1. The summed E-state index contributed by atoms with van der Waals surface area (Å²) in [6, 6.07) is 9.22. The van der Waals surface area contributed by atoms with Crippen molar-refractivity contribution in [1.82, 2.24) is 4.90 Å². The summed E-state index contributed by atoms with van der Waals surface area (Å²) in [6.07, 6.45) is -11.9. The van der Waals surface area contributed by atoms with E-state index in [0.717, 1.165) is 25.2 Å². The van der Waals surface area contributed by atoms with Crippen LogP contribution in [0.4, 0.5) is 44.3 Å². The van der Waals surface area contributed by atoms with Crippen molar-refractivity contribution in [3.05, 3.63) is 94.2 Å². The minimum absolute atomic E-state index is 0.0377.